The first kappa shape index (κ1) is 21.6. The van der Waals surface area contributed by atoms with E-state index in [4.69, 9.17) is 9.32 Å². The topological polar surface area (TPSA) is 98.5 Å². The SMILES string of the molecule is CC(C)CNC(=O)C1CCC2C3CCc4cc(OS(N)(=O)=O)ccc4C3CCC12C. The molecule has 3 N–H and O–H groups in total. The molecule has 3 aliphatic carbocycles. The molecule has 0 spiro atoms. The summed E-state index contributed by atoms with van der Waals surface area (Å²) in [6.07, 6.45) is 6.25. The molecule has 0 heterocycles. The summed E-state index contributed by atoms with van der Waals surface area (Å²) in [4.78, 5) is 12.9. The molecular weight excluding hydrogens is 400 g/mol. The standard InChI is InChI=1S/C23H34N2O4S/c1-14(2)13-25-22(26)21-9-8-20-19-6-4-15-12-16(29-30(24,27)28)5-7-17(15)18(19)10-11-23(20,21)3/h5,7,12,14,18-21H,4,6,8-11,13H2,1-3H3,(H,25,26)(H2,24,27,28). The Hall–Kier alpha value is -1.60. The Morgan fingerprint density at radius 1 is 1.27 bits per heavy atom. The van der Waals surface area contributed by atoms with Crippen LogP contribution in [0.4, 0.5) is 0 Å². The molecule has 4 rings (SSSR count). The van der Waals surface area contributed by atoms with Crippen LogP contribution in [0.2, 0.25) is 0 Å². The zero-order valence-electron chi connectivity index (χ0n) is 18.2. The van der Waals surface area contributed by atoms with E-state index in [0.717, 1.165) is 45.1 Å². The van der Waals surface area contributed by atoms with Crippen molar-refractivity contribution in [3.63, 3.8) is 0 Å². The van der Waals surface area contributed by atoms with Gasteiger partial charge in [0.25, 0.3) is 0 Å². The molecule has 1 aromatic rings. The average molecular weight is 435 g/mol. The zero-order valence-corrected chi connectivity index (χ0v) is 19.0. The molecule has 1 aromatic carbocycles. The lowest BCUT2D eigenvalue weighted by Crippen LogP contribution is -2.46. The molecule has 0 aromatic heterocycles. The van der Waals surface area contributed by atoms with Crippen LogP contribution in [0.1, 0.15) is 69.9 Å². The summed E-state index contributed by atoms with van der Waals surface area (Å²) < 4.78 is 27.4. The summed E-state index contributed by atoms with van der Waals surface area (Å²) >= 11 is 0. The molecule has 5 atom stereocenters. The van der Waals surface area contributed by atoms with Crippen LogP contribution in [0, 0.1) is 29.1 Å². The second-order valence-electron chi connectivity index (χ2n) is 10.2. The number of rotatable bonds is 5. The molecule has 0 bridgehead atoms. The number of nitrogens with one attached hydrogen (secondary N) is 1. The maximum Gasteiger partial charge on any atom is 0.380 e. The molecule has 0 saturated heterocycles. The number of amides is 1. The van der Waals surface area contributed by atoms with Crippen molar-refractivity contribution in [3.05, 3.63) is 29.3 Å². The van der Waals surface area contributed by atoms with E-state index in [1.807, 2.05) is 12.1 Å². The third kappa shape index (κ3) is 3.98. The summed E-state index contributed by atoms with van der Waals surface area (Å²) in [7, 11) is -4.01. The second-order valence-corrected chi connectivity index (χ2v) is 11.3. The highest BCUT2D eigenvalue weighted by atomic mass is 32.2. The van der Waals surface area contributed by atoms with Gasteiger partial charge in [-0.3, -0.25) is 4.79 Å². The van der Waals surface area contributed by atoms with Crippen molar-refractivity contribution in [1.82, 2.24) is 5.32 Å². The van der Waals surface area contributed by atoms with E-state index in [1.165, 1.54) is 11.1 Å². The molecule has 7 heteroatoms. The van der Waals surface area contributed by atoms with Crippen LogP contribution >= 0.6 is 0 Å². The Morgan fingerprint density at radius 2 is 2.03 bits per heavy atom. The smallest absolute Gasteiger partial charge is 0.371 e. The lowest BCUT2D eigenvalue weighted by molar-refractivity contribution is -0.130. The van der Waals surface area contributed by atoms with Gasteiger partial charge < -0.3 is 9.50 Å². The lowest BCUT2D eigenvalue weighted by Gasteiger charge is -2.50. The Kier molecular flexibility index (Phi) is 5.64. The first-order valence-corrected chi connectivity index (χ1v) is 12.7. The summed E-state index contributed by atoms with van der Waals surface area (Å²) in [6.45, 7) is 7.35. The van der Waals surface area contributed by atoms with Crippen molar-refractivity contribution >= 4 is 16.2 Å². The Labute approximate surface area is 180 Å². The van der Waals surface area contributed by atoms with Gasteiger partial charge in [0.05, 0.1) is 0 Å². The van der Waals surface area contributed by atoms with Crippen LogP contribution < -0.4 is 14.6 Å². The third-order valence-electron chi connectivity index (χ3n) is 7.91. The molecule has 2 saturated carbocycles. The van der Waals surface area contributed by atoms with Gasteiger partial charge in [0.2, 0.25) is 5.91 Å². The largest absolute Gasteiger partial charge is 0.380 e. The lowest BCUT2D eigenvalue weighted by atomic mass is 9.54. The van der Waals surface area contributed by atoms with Crippen molar-refractivity contribution in [2.45, 2.75) is 65.2 Å². The number of fused-ring (bicyclic) bond motifs is 5. The molecule has 30 heavy (non-hydrogen) atoms. The Bertz CT molecular complexity index is 929. The normalized spacial score (nSPS) is 32.8. The number of benzene rings is 1. The predicted molar refractivity (Wildman–Crippen MR) is 116 cm³/mol. The highest BCUT2D eigenvalue weighted by molar-refractivity contribution is 7.84. The number of hydrogen-bond donors (Lipinski definition) is 2. The van der Waals surface area contributed by atoms with Crippen LogP contribution in [-0.2, 0) is 21.5 Å². The van der Waals surface area contributed by atoms with Gasteiger partial charge >= 0.3 is 10.3 Å². The van der Waals surface area contributed by atoms with Gasteiger partial charge in [0.15, 0.2) is 0 Å². The molecule has 0 radical (unpaired) electrons. The first-order valence-electron chi connectivity index (χ1n) is 11.2. The average Bonchev–Trinajstić information content (AvgIpc) is 3.01. The maximum atomic E-state index is 12.9. The molecule has 1 amide bonds. The number of carbonyl (C=O) groups excluding carboxylic acids is 1. The van der Waals surface area contributed by atoms with Crippen LogP contribution in [0.3, 0.4) is 0 Å². The monoisotopic (exact) mass is 434 g/mol. The third-order valence-corrected chi connectivity index (χ3v) is 8.34. The van der Waals surface area contributed by atoms with Gasteiger partial charge in [-0.1, -0.05) is 26.8 Å². The van der Waals surface area contributed by atoms with Gasteiger partial charge in [-0.2, -0.15) is 13.6 Å². The van der Waals surface area contributed by atoms with E-state index < -0.39 is 10.3 Å². The fourth-order valence-corrected chi connectivity index (χ4v) is 6.98. The van der Waals surface area contributed by atoms with Gasteiger partial charge in [0, 0.05) is 12.5 Å². The van der Waals surface area contributed by atoms with E-state index in [2.05, 4.69) is 26.1 Å². The van der Waals surface area contributed by atoms with Gasteiger partial charge in [-0.25, -0.2) is 0 Å². The minimum absolute atomic E-state index is 0.0798. The molecule has 3 aliphatic rings. The van der Waals surface area contributed by atoms with Crippen LogP contribution in [0.5, 0.6) is 5.75 Å². The van der Waals surface area contributed by atoms with Crippen molar-refractivity contribution in [1.29, 1.82) is 0 Å². The van der Waals surface area contributed by atoms with Crippen molar-refractivity contribution in [2.24, 2.45) is 34.2 Å². The fraction of sp³-hybridized carbons (Fsp3) is 0.696. The van der Waals surface area contributed by atoms with Crippen molar-refractivity contribution in [3.8, 4) is 5.75 Å². The highest BCUT2D eigenvalue weighted by Gasteiger charge is 2.56. The summed E-state index contributed by atoms with van der Waals surface area (Å²) in [5.41, 5.74) is 2.57. The number of aryl methyl sites for hydroxylation is 1. The molecule has 2 fully saturated rings. The van der Waals surface area contributed by atoms with Gasteiger partial charge in [-0.15, -0.1) is 0 Å². The van der Waals surface area contributed by atoms with Gasteiger partial charge in [-0.05, 0) is 90.9 Å². The minimum atomic E-state index is -4.01. The van der Waals surface area contributed by atoms with Crippen LogP contribution in [0.25, 0.3) is 0 Å². The van der Waals surface area contributed by atoms with Crippen molar-refractivity contribution in [2.75, 3.05) is 6.54 Å². The number of carbonyl (C=O) groups is 1. The molecule has 6 nitrogen and oxygen atoms in total. The van der Waals surface area contributed by atoms with E-state index in [1.54, 1.807) is 6.07 Å². The molecule has 166 valence electrons. The fourth-order valence-electron chi connectivity index (χ4n) is 6.60. The van der Waals surface area contributed by atoms with Crippen LogP contribution in [-0.4, -0.2) is 20.9 Å². The van der Waals surface area contributed by atoms with Crippen molar-refractivity contribution < 1.29 is 17.4 Å². The predicted octanol–water partition coefficient (Wildman–Crippen LogP) is 3.51. The van der Waals surface area contributed by atoms with Gasteiger partial charge in [0.1, 0.15) is 5.75 Å². The zero-order chi connectivity index (χ0) is 21.7. The van der Waals surface area contributed by atoms with E-state index in [0.29, 0.717) is 23.7 Å². The number of nitrogens with two attached hydrogens (primary N) is 1. The van der Waals surface area contributed by atoms with E-state index in [-0.39, 0.29) is 23.0 Å². The minimum Gasteiger partial charge on any atom is -0.371 e. The second kappa shape index (κ2) is 7.83. The van der Waals surface area contributed by atoms with E-state index >= 15 is 0 Å². The van der Waals surface area contributed by atoms with Crippen LogP contribution in [0.15, 0.2) is 18.2 Å². The quantitative estimate of drug-likeness (QED) is 0.741. The Balaban J connectivity index is 1.53. The Morgan fingerprint density at radius 3 is 2.73 bits per heavy atom. The number of hydrogen-bond acceptors (Lipinski definition) is 4. The molecular formula is C23H34N2O4S. The van der Waals surface area contributed by atoms with E-state index in [9.17, 15) is 13.2 Å². The summed E-state index contributed by atoms with van der Waals surface area (Å²) in [5.74, 6) is 2.75. The maximum absolute atomic E-state index is 12.9. The molecule has 5 unspecified atom stereocenters. The molecule has 0 aliphatic heterocycles. The summed E-state index contributed by atoms with van der Waals surface area (Å²) in [5, 5.41) is 8.20. The highest BCUT2D eigenvalue weighted by Crippen LogP contribution is 2.63. The first-order chi connectivity index (χ1) is 14.1. The summed E-state index contributed by atoms with van der Waals surface area (Å²) in [6, 6.07) is 5.58.